The Morgan fingerprint density at radius 1 is 1.12 bits per heavy atom. The lowest BCUT2D eigenvalue weighted by molar-refractivity contribution is 0.411. The molecule has 0 aliphatic carbocycles. The summed E-state index contributed by atoms with van der Waals surface area (Å²) in [5.41, 5.74) is 6.52. The Kier molecular flexibility index (Phi) is 4.76. The van der Waals surface area contributed by atoms with Gasteiger partial charge < -0.3 is 4.74 Å². The topological polar surface area (TPSA) is 72.3 Å². The largest absolute Gasteiger partial charge is 0.496 e. The van der Waals surface area contributed by atoms with E-state index in [-0.39, 0.29) is 0 Å². The Morgan fingerprint density at radius 2 is 1.96 bits per heavy atom. The number of ether oxygens (including phenoxy) is 1. The third kappa shape index (κ3) is 3.73. The summed E-state index contributed by atoms with van der Waals surface area (Å²) in [4.78, 5) is 4.40. The minimum absolute atomic E-state index is 0.345. The molecule has 1 N–H and O–H groups in total. The molecule has 0 saturated carbocycles. The molecule has 120 valence electrons. The number of nitrogens with one attached hydrogen (secondary N) is 1. The van der Waals surface area contributed by atoms with E-state index >= 15 is 0 Å². The molecule has 0 spiro atoms. The lowest BCUT2D eigenvalue weighted by Crippen LogP contribution is -2.00. The first-order valence-corrected chi connectivity index (χ1v) is 7.45. The van der Waals surface area contributed by atoms with Crippen LogP contribution in [0.5, 0.6) is 5.75 Å². The third-order valence-electron chi connectivity index (χ3n) is 3.43. The van der Waals surface area contributed by atoms with Crippen molar-refractivity contribution < 1.29 is 4.74 Å². The van der Waals surface area contributed by atoms with Crippen LogP contribution in [0.25, 0.3) is 11.3 Å². The van der Waals surface area contributed by atoms with Crippen molar-refractivity contribution in [2.24, 2.45) is 5.10 Å². The highest BCUT2D eigenvalue weighted by Crippen LogP contribution is 2.18. The zero-order valence-electron chi connectivity index (χ0n) is 13.5. The number of nitrogens with zero attached hydrogens (tertiary/aromatic N) is 4. The Hall–Kier alpha value is -3.28. The second-order valence-corrected chi connectivity index (χ2v) is 5.13. The van der Waals surface area contributed by atoms with Gasteiger partial charge in [-0.15, -0.1) is 5.10 Å². The molecule has 0 aliphatic rings. The van der Waals surface area contributed by atoms with E-state index in [4.69, 9.17) is 4.74 Å². The van der Waals surface area contributed by atoms with Gasteiger partial charge in [-0.2, -0.15) is 10.2 Å². The maximum absolute atomic E-state index is 5.24. The van der Waals surface area contributed by atoms with Crippen molar-refractivity contribution in [1.29, 1.82) is 0 Å². The Morgan fingerprint density at radius 3 is 2.71 bits per heavy atom. The fraction of sp³-hybridized carbons (Fsp3) is 0.111. The summed E-state index contributed by atoms with van der Waals surface area (Å²) < 4.78 is 5.24. The molecule has 0 unspecified atom stereocenters. The van der Waals surface area contributed by atoms with Gasteiger partial charge in [-0.1, -0.05) is 30.3 Å². The van der Waals surface area contributed by atoms with E-state index in [2.05, 4.69) is 25.7 Å². The van der Waals surface area contributed by atoms with Crippen LogP contribution < -0.4 is 10.2 Å². The number of hydrogen-bond donors (Lipinski definition) is 1. The molecular formula is C18H17N5O. The maximum Gasteiger partial charge on any atom is 0.263 e. The van der Waals surface area contributed by atoms with Crippen molar-refractivity contribution in [2.75, 3.05) is 12.5 Å². The van der Waals surface area contributed by atoms with Gasteiger partial charge in [0, 0.05) is 5.56 Å². The van der Waals surface area contributed by atoms with Crippen molar-refractivity contribution in [1.82, 2.24) is 15.2 Å². The highest BCUT2D eigenvalue weighted by atomic mass is 16.5. The van der Waals surface area contributed by atoms with Crippen LogP contribution in [0.4, 0.5) is 5.95 Å². The van der Waals surface area contributed by atoms with E-state index in [0.717, 1.165) is 28.1 Å². The van der Waals surface area contributed by atoms with E-state index in [1.54, 1.807) is 19.5 Å². The van der Waals surface area contributed by atoms with Gasteiger partial charge in [0.1, 0.15) is 5.75 Å². The van der Waals surface area contributed by atoms with Gasteiger partial charge in [0.2, 0.25) is 0 Å². The Labute approximate surface area is 140 Å². The normalized spacial score (nSPS) is 10.8. The molecule has 1 aromatic heterocycles. The van der Waals surface area contributed by atoms with Crippen LogP contribution in [0.3, 0.4) is 0 Å². The number of rotatable bonds is 5. The second-order valence-electron chi connectivity index (χ2n) is 5.13. The summed E-state index contributed by atoms with van der Waals surface area (Å²) in [6, 6.07) is 15.6. The molecule has 0 atom stereocenters. The smallest absolute Gasteiger partial charge is 0.263 e. The summed E-state index contributed by atoms with van der Waals surface area (Å²) in [5.74, 6) is 1.20. The second kappa shape index (κ2) is 7.32. The van der Waals surface area contributed by atoms with Crippen molar-refractivity contribution in [3.05, 3.63) is 65.9 Å². The van der Waals surface area contributed by atoms with E-state index in [9.17, 15) is 0 Å². The number of methoxy groups -OCH3 is 1. The molecule has 3 aromatic rings. The molecule has 0 saturated heterocycles. The maximum atomic E-state index is 5.24. The zero-order chi connectivity index (χ0) is 16.8. The van der Waals surface area contributed by atoms with Gasteiger partial charge in [-0.3, -0.25) is 0 Å². The molecule has 24 heavy (non-hydrogen) atoms. The highest BCUT2D eigenvalue weighted by Gasteiger charge is 2.02. The van der Waals surface area contributed by atoms with Gasteiger partial charge in [-0.05, 0) is 36.2 Å². The van der Waals surface area contributed by atoms with Crippen LogP contribution in [0.2, 0.25) is 0 Å². The van der Waals surface area contributed by atoms with Gasteiger partial charge in [0.15, 0.2) is 0 Å². The first-order valence-electron chi connectivity index (χ1n) is 7.45. The van der Waals surface area contributed by atoms with E-state index in [0.29, 0.717) is 5.95 Å². The lowest BCUT2D eigenvalue weighted by Gasteiger charge is -2.04. The van der Waals surface area contributed by atoms with Gasteiger partial charge >= 0.3 is 0 Å². The lowest BCUT2D eigenvalue weighted by atomic mass is 10.1. The zero-order valence-corrected chi connectivity index (χ0v) is 13.5. The molecule has 2 aromatic carbocycles. The highest BCUT2D eigenvalue weighted by molar-refractivity contribution is 5.80. The average molecular weight is 319 g/mol. The predicted molar refractivity (Wildman–Crippen MR) is 94.2 cm³/mol. The molecule has 6 nitrogen and oxygen atoms in total. The van der Waals surface area contributed by atoms with Crippen LogP contribution in [-0.2, 0) is 0 Å². The van der Waals surface area contributed by atoms with Crippen LogP contribution in [0.1, 0.15) is 11.1 Å². The first kappa shape index (κ1) is 15.6. The standard InChI is InChI=1S/C18H17N5O/c1-13-10-14(8-9-17(13)24-2)11-19-22-18-21-16(12-20-23-18)15-6-4-3-5-7-15/h3-12H,1-2H3,(H,21,22,23)/b19-11-. The number of hydrazone groups is 1. The fourth-order valence-corrected chi connectivity index (χ4v) is 2.25. The Bertz CT molecular complexity index is 849. The molecule has 0 bridgehead atoms. The molecule has 0 radical (unpaired) electrons. The van der Waals surface area contributed by atoms with Gasteiger partial charge in [0.25, 0.3) is 5.95 Å². The first-order chi connectivity index (χ1) is 11.8. The fourth-order valence-electron chi connectivity index (χ4n) is 2.25. The minimum Gasteiger partial charge on any atom is -0.496 e. The summed E-state index contributed by atoms with van der Waals surface area (Å²) in [5, 5.41) is 12.1. The number of hydrogen-bond acceptors (Lipinski definition) is 6. The Balaban J connectivity index is 1.72. The van der Waals surface area contributed by atoms with Gasteiger partial charge in [0.05, 0.1) is 25.2 Å². The average Bonchev–Trinajstić information content (AvgIpc) is 2.63. The molecule has 0 fully saturated rings. The molecule has 0 aliphatic heterocycles. The molecule has 1 heterocycles. The SMILES string of the molecule is COc1ccc(/C=N\Nc2nncc(-c3ccccc3)n2)cc1C. The summed E-state index contributed by atoms with van der Waals surface area (Å²) in [6.07, 6.45) is 3.32. The van der Waals surface area contributed by atoms with Crippen molar-refractivity contribution >= 4 is 12.2 Å². The van der Waals surface area contributed by atoms with Crippen molar-refractivity contribution in [3.63, 3.8) is 0 Å². The van der Waals surface area contributed by atoms with Gasteiger partial charge in [-0.25, -0.2) is 10.4 Å². The number of benzene rings is 2. The third-order valence-corrected chi connectivity index (χ3v) is 3.43. The number of anilines is 1. The van der Waals surface area contributed by atoms with Crippen LogP contribution in [0.15, 0.2) is 59.8 Å². The molecule has 0 amide bonds. The monoisotopic (exact) mass is 319 g/mol. The van der Waals surface area contributed by atoms with E-state index in [1.165, 1.54) is 0 Å². The van der Waals surface area contributed by atoms with Crippen molar-refractivity contribution in [3.8, 4) is 17.0 Å². The molecular weight excluding hydrogens is 302 g/mol. The predicted octanol–water partition coefficient (Wildman–Crippen LogP) is 3.30. The number of aryl methyl sites for hydroxylation is 1. The van der Waals surface area contributed by atoms with E-state index in [1.807, 2.05) is 55.5 Å². The van der Waals surface area contributed by atoms with Crippen LogP contribution in [0, 0.1) is 6.92 Å². The summed E-state index contributed by atoms with van der Waals surface area (Å²) in [6.45, 7) is 1.99. The molecule has 6 heteroatoms. The minimum atomic E-state index is 0.345. The summed E-state index contributed by atoms with van der Waals surface area (Å²) in [7, 11) is 1.65. The summed E-state index contributed by atoms with van der Waals surface area (Å²) >= 11 is 0. The van der Waals surface area contributed by atoms with E-state index < -0.39 is 0 Å². The van der Waals surface area contributed by atoms with Crippen LogP contribution >= 0.6 is 0 Å². The molecule has 3 rings (SSSR count). The van der Waals surface area contributed by atoms with Crippen LogP contribution in [-0.4, -0.2) is 28.5 Å². The number of aromatic nitrogens is 3. The quantitative estimate of drug-likeness (QED) is 0.577. The van der Waals surface area contributed by atoms with Crippen molar-refractivity contribution in [2.45, 2.75) is 6.92 Å².